The number of Topliss-reactive ketones (excluding diaryl/α,β-unsaturated/α-hetero) is 1. The first-order valence-corrected chi connectivity index (χ1v) is 10.0. The van der Waals surface area contributed by atoms with Crippen molar-refractivity contribution >= 4 is 11.8 Å². The second-order valence-corrected chi connectivity index (χ2v) is 7.62. The van der Waals surface area contributed by atoms with Gasteiger partial charge in [0.25, 0.3) is 0 Å². The third-order valence-corrected chi connectivity index (χ3v) is 5.47. The van der Waals surface area contributed by atoms with Crippen LogP contribution in [0.2, 0.25) is 0 Å². The van der Waals surface area contributed by atoms with Gasteiger partial charge in [0.05, 0.1) is 18.6 Å². The second kappa shape index (κ2) is 8.61. The van der Waals surface area contributed by atoms with Crippen molar-refractivity contribution in [2.45, 2.75) is 38.4 Å². The number of hydrogen-bond donors (Lipinski definition) is 0. The number of carbonyl (C=O) groups excluding carboxylic acids is 2. The fourth-order valence-electron chi connectivity index (χ4n) is 3.89. The summed E-state index contributed by atoms with van der Waals surface area (Å²) in [6, 6.07) is 14.4. The van der Waals surface area contributed by atoms with Crippen LogP contribution in [0.3, 0.4) is 0 Å². The van der Waals surface area contributed by atoms with Gasteiger partial charge in [-0.2, -0.15) is 0 Å². The summed E-state index contributed by atoms with van der Waals surface area (Å²) in [6.45, 7) is 1.96. The van der Waals surface area contributed by atoms with Crippen molar-refractivity contribution < 1.29 is 28.5 Å². The predicted octanol–water partition coefficient (Wildman–Crippen LogP) is 4.22. The number of carbonyl (C=O) groups is 2. The molecular formula is C24H24O6. The Morgan fingerprint density at radius 3 is 2.67 bits per heavy atom. The molecule has 6 nitrogen and oxygen atoms in total. The molecule has 2 aromatic carbocycles. The first kappa shape index (κ1) is 20.0. The van der Waals surface area contributed by atoms with Gasteiger partial charge in [-0.05, 0) is 55.7 Å². The lowest BCUT2D eigenvalue weighted by Gasteiger charge is -2.36. The molecule has 1 aliphatic carbocycles. The molecule has 6 heteroatoms. The van der Waals surface area contributed by atoms with Gasteiger partial charge in [0.1, 0.15) is 30.0 Å². The summed E-state index contributed by atoms with van der Waals surface area (Å²) in [7, 11) is 1.55. The monoisotopic (exact) mass is 408 g/mol. The summed E-state index contributed by atoms with van der Waals surface area (Å²) in [4.78, 5) is 25.3. The van der Waals surface area contributed by atoms with E-state index in [1.54, 1.807) is 31.4 Å². The topological polar surface area (TPSA) is 71.1 Å². The molecule has 0 radical (unpaired) electrons. The molecule has 1 saturated carbocycles. The molecular weight excluding hydrogens is 384 g/mol. The Kier molecular flexibility index (Phi) is 5.74. The van der Waals surface area contributed by atoms with E-state index in [1.165, 1.54) is 6.26 Å². The molecule has 0 amide bonds. The van der Waals surface area contributed by atoms with Crippen LogP contribution in [0.15, 0.2) is 60.6 Å². The van der Waals surface area contributed by atoms with Crippen LogP contribution in [0.4, 0.5) is 0 Å². The van der Waals surface area contributed by atoms with Crippen molar-refractivity contribution in [3.05, 3.63) is 71.7 Å². The standard InChI is InChI=1S/C24H24O6/c1-15-5-3-8-18(11-15)29-22-14-28-21-13-19(9-10-20(21)23(22)25)30-24(26)16-6-4-7-17(12-16)27-2/h3-8,11-12,14,19-21H,9-10,13H2,1-2H3. The third kappa shape index (κ3) is 4.32. The molecule has 30 heavy (non-hydrogen) atoms. The van der Waals surface area contributed by atoms with Gasteiger partial charge in [-0.15, -0.1) is 0 Å². The van der Waals surface area contributed by atoms with Gasteiger partial charge in [0, 0.05) is 6.42 Å². The summed E-state index contributed by atoms with van der Waals surface area (Å²) in [5.74, 6) is 0.664. The summed E-state index contributed by atoms with van der Waals surface area (Å²) < 4.78 is 22.4. The Morgan fingerprint density at radius 2 is 1.87 bits per heavy atom. The normalized spacial score (nSPS) is 22.9. The van der Waals surface area contributed by atoms with Crippen LogP contribution in [-0.4, -0.2) is 31.1 Å². The third-order valence-electron chi connectivity index (χ3n) is 5.47. The number of fused-ring (bicyclic) bond motifs is 1. The number of methoxy groups -OCH3 is 1. The maximum absolute atomic E-state index is 12.9. The van der Waals surface area contributed by atoms with E-state index in [4.69, 9.17) is 18.9 Å². The highest BCUT2D eigenvalue weighted by Crippen LogP contribution is 2.35. The number of benzene rings is 2. The highest BCUT2D eigenvalue weighted by molar-refractivity contribution is 5.96. The van der Waals surface area contributed by atoms with Crippen LogP contribution in [0.1, 0.15) is 35.2 Å². The van der Waals surface area contributed by atoms with Gasteiger partial charge in [-0.3, -0.25) is 4.79 Å². The maximum atomic E-state index is 12.9. The highest BCUT2D eigenvalue weighted by atomic mass is 16.6. The number of ether oxygens (including phenoxy) is 4. The fraction of sp³-hybridized carbons (Fsp3) is 0.333. The molecule has 156 valence electrons. The maximum Gasteiger partial charge on any atom is 0.338 e. The Labute approximate surface area is 175 Å². The van der Waals surface area contributed by atoms with Gasteiger partial charge < -0.3 is 18.9 Å². The van der Waals surface area contributed by atoms with Crippen molar-refractivity contribution in [1.29, 1.82) is 0 Å². The Morgan fingerprint density at radius 1 is 1.07 bits per heavy atom. The molecule has 1 aliphatic heterocycles. The molecule has 0 spiro atoms. The number of esters is 1. The van der Waals surface area contributed by atoms with Gasteiger partial charge in [-0.1, -0.05) is 18.2 Å². The van der Waals surface area contributed by atoms with E-state index in [2.05, 4.69) is 0 Å². The average Bonchev–Trinajstić information content (AvgIpc) is 2.76. The fourth-order valence-corrected chi connectivity index (χ4v) is 3.89. The van der Waals surface area contributed by atoms with E-state index < -0.39 is 5.97 Å². The minimum atomic E-state index is -0.404. The van der Waals surface area contributed by atoms with E-state index in [0.717, 1.165) is 5.56 Å². The molecule has 0 bridgehead atoms. The Balaban J connectivity index is 1.38. The molecule has 2 aliphatic rings. The van der Waals surface area contributed by atoms with E-state index in [9.17, 15) is 9.59 Å². The summed E-state index contributed by atoms with van der Waals surface area (Å²) in [6.07, 6.45) is 2.42. The molecule has 1 fully saturated rings. The summed E-state index contributed by atoms with van der Waals surface area (Å²) >= 11 is 0. The largest absolute Gasteiger partial charge is 0.497 e. The van der Waals surface area contributed by atoms with Crippen LogP contribution >= 0.6 is 0 Å². The zero-order chi connectivity index (χ0) is 21.1. The van der Waals surface area contributed by atoms with E-state index in [1.807, 2.05) is 31.2 Å². The van der Waals surface area contributed by atoms with Crippen LogP contribution in [0.5, 0.6) is 11.5 Å². The lowest BCUT2D eigenvalue weighted by atomic mass is 9.80. The van der Waals surface area contributed by atoms with Crippen molar-refractivity contribution in [3.63, 3.8) is 0 Å². The SMILES string of the molecule is COc1cccc(C(=O)OC2CCC3C(=O)C(Oc4cccc(C)c4)=COC3C2)c1. The van der Waals surface area contributed by atoms with Crippen LogP contribution in [0, 0.1) is 12.8 Å². The van der Waals surface area contributed by atoms with E-state index in [-0.39, 0.29) is 29.7 Å². The molecule has 1 heterocycles. The molecule has 0 saturated heterocycles. The minimum absolute atomic E-state index is 0.0645. The van der Waals surface area contributed by atoms with Crippen LogP contribution in [-0.2, 0) is 14.3 Å². The smallest absolute Gasteiger partial charge is 0.338 e. The van der Waals surface area contributed by atoms with Gasteiger partial charge in [0.2, 0.25) is 11.5 Å². The van der Waals surface area contributed by atoms with Gasteiger partial charge in [-0.25, -0.2) is 4.79 Å². The first-order valence-electron chi connectivity index (χ1n) is 10.0. The zero-order valence-electron chi connectivity index (χ0n) is 17.0. The molecule has 0 aromatic heterocycles. The lowest BCUT2D eigenvalue weighted by Crippen LogP contribution is -2.43. The number of allylic oxidation sites excluding steroid dienone is 1. The van der Waals surface area contributed by atoms with Crippen molar-refractivity contribution in [1.82, 2.24) is 0 Å². The van der Waals surface area contributed by atoms with Crippen molar-refractivity contribution in [2.24, 2.45) is 5.92 Å². The second-order valence-electron chi connectivity index (χ2n) is 7.62. The van der Waals surface area contributed by atoms with E-state index >= 15 is 0 Å². The number of rotatable bonds is 5. The Hall–Kier alpha value is -3.28. The predicted molar refractivity (Wildman–Crippen MR) is 109 cm³/mol. The van der Waals surface area contributed by atoms with E-state index in [0.29, 0.717) is 36.3 Å². The van der Waals surface area contributed by atoms with Gasteiger partial charge in [0.15, 0.2) is 0 Å². The van der Waals surface area contributed by atoms with Crippen LogP contribution < -0.4 is 9.47 Å². The molecule has 3 atom stereocenters. The zero-order valence-corrected chi connectivity index (χ0v) is 17.0. The lowest BCUT2D eigenvalue weighted by molar-refractivity contribution is -0.132. The van der Waals surface area contributed by atoms with Crippen molar-refractivity contribution in [3.8, 4) is 11.5 Å². The summed E-state index contributed by atoms with van der Waals surface area (Å²) in [5.41, 5.74) is 1.49. The minimum Gasteiger partial charge on any atom is -0.497 e. The van der Waals surface area contributed by atoms with Gasteiger partial charge >= 0.3 is 5.97 Å². The number of aryl methyl sites for hydroxylation is 1. The summed E-state index contributed by atoms with van der Waals surface area (Å²) in [5, 5.41) is 0. The first-order chi connectivity index (χ1) is 14.5. The number of hydrogen-bond acceptors (Lipinski definition) is 6. The molecule has 3 unspecified atom stereocenters. The molecule has 2 aromatic rings. The van der Waals surface area contributed by atoms with Crippen molar-refractivity contribution in [2.75, 3.05) is 7.11 Å². The quantitative estimate of drug-likeness (QED) is 0.690. The average molecular weight is 408 g/mol. The van der Waals surface area contributed by atoms with Crippen LogP contribution in [0.25, 0.3) is 0 Å². The molecule has 0 N–H and O–H groups in total. The number of ketones is 1. The Bertz CT molecular complexity index is 979. The highest BCUT2D eigenvalue weighted by Gasteiger charge is 2.42. The molecule has 4 rings (SSSR count).